The van der Waals surface area contributed by atoms with Gasteiger partial charge in [-0.15, -0.1) is 11.3 Å². The monoisotopic (exact) mass is 449 g/mol. The number of ether oxygens (including phenoxy) is 1. The van der Waals surface area contributed by atoms with Crippen LogP contribution in [0.25, 0.3) is 10.2 Å². The Balaban J connectivity index is 1.67. The minimum atomic E-state index is -0.0216. The van der Waals surface area contributed by atoms with E-state index in [0.717, 1.165) is 55.3 Å². The summed E-state index contributed by atoms with van der Waals surface area (Å²) in [5.41, 5.74) is 1.24. The van der Waals surface area contributed by atoms with Crippen molar-refractivity contribution in [1.29, 1.82) is 0 Å². The number of thiophene rings is 1. The highest BCUT2D eigenvalue weighted by Gasteiger charge is 2.26. The molecule has 3 unspecified atom stereocenters. The fraction of sp³-hybridized carbons (Fsp3) is 0.682. The number of aromatic nitrogens is 2. The smallest absolute Gasteiger partial charge is 0.263 e. The predicted octanol–water partition coefficient (Wildman–Crippen LogP) is 3.77. The highest BCUT2D eigenvalue weighted by Crippen LogP contribution is 2.36. The molecule has 164 valence electrons. The van der Waals surface area contributed by atoms with Crippen LogP contribution in [-0.2, 0) is 28.9 Å². The second-order valence-electron chi connectivity index (χ2n) is 8.64. The molecule has 0 radical (unpaired) electrons. The van der Waals surface area contributed by atoms with E-state index in [1.807, 2.05) is 13.8 Å². The molecule has 2 aromatic heterocycles. The highest BCUT2D eigenvalue weighted by molar-refractivity contribution is 7.99. The molecular formula is C22H31N3O3S2. The van der Waals surface area contributed by atoms with Crippen molar-refractivity contribution in [2.45, 2.75) is 83.1 Å². The Morgan fingerprint density at radius 1 is 1.43 bits per heavy atom. The van der Waals surface area contributed by atoms with Crippen LogP contribution in [0.2, 0.25) is 0 Å². The van der Waals surface area contributed by atoms with Crippen molar-refractivity contribution in [3.63, 3.8) is 0 Å². The van der Waals surface area contributed by atoms with Gasteiger partial charge in [0.15, 0.2) is 5.16 Å². The Morgan fingerprint density at radius 3 is 3.00 bits per heavy atom. The number of rotatable bonds is 7. The molecule has 4 rings (SSSR count). The lowest BCUT2D eigenvalue weighted by Crippen LogP contribution is -2.34. The van der Waals surface area contributed by atoms with Gasteiger partial charge in [0, 0.05) is 17.5 Å². The van der Waals surface area contributed by atoms with Gasteiger partial charge in [-0.2, -0.15) is 0 Å². The van der Waals surface area contributed by atoms with E-state index < -0.39 is 0 Å². The van der Waals surface area contributed by atoms with E-state index in [4.69, 9.17) is 9.72 Å². The van der Waals surface area contributed by atoms with Crippen LogP contribution in [0.15, 0.2) is 9.95 Å². The van der Waals surface area contributed by atoms with Crippen LogP contribution in [-0.4, -0.2) is 40.0 Å². The second-order valence-corrected chi connectivity index (χ2v) is 10.7. The zero-order chi connectivity index (χ0) is 21.3. The van der Waals surface area contributed by atoms with E-state index >= 15 is 0 Å². The number of thioether (sulfide) groups is 1. The van der Waals surface area contributed by atoms with E-state index in [-0.39, 0.29) is 29.4 Å². The molecule has 1 aliphatic heterocycles. The normalized spacial score (nSPS) is 22.2. The van der Waals surface area contributed by atoms with Crippen molar-refractivity contribution in [2.75, 3.05) is 12.4 Å². The van der Waals surface area contributed by atoms with Crippen molar-refractivity contribution < 1.29 is 9.53 Å². The van der Waals surface area contributed by atoms with Crippen molar-refractivity contribution >= 4 is 39.2 Å². The van der Waals surface area contributed by atoms with Crippen LogP contribution in [0.4, 0.5) is 0 Å². The van der Waals surface area contributed by atoms with Gasteiger partial charge >= 0.3 is 0 Å². The average Bonchev–Trinajstić information content (AvgIpc) is 3.35. The molecular weight excluding hydrogens is 418 g/mol. The molecule has 2 aromatic rings. The number of carbonyl (C=O) groups is 1. The van der Waals surface area contributed by atoms with Crippen LogP contribution >= 0.6 is 23.1 Å². The molecule has 1 amide bonds. The van der Waals surface area contributed by atoms with Crippen molar-refractivity contribution in [1.82, 2.24) is 14.9 Å². The zero-order valence-electron chi connectivity index (χ0n) is 18.0. The number of nitrogens with zero attached hydrogens (tertiary/aromatic N) is 2. The summed E-state index contributed by atoms with van der Waals surface area (Å²) in [5.74, 6) is 0.889. The lowest BCUT2D eigenvalue weighted by atomic mass is 9.89. The summed E-state index contributed by atoms with van der Waals surface area (Å²) >= 11 is 3.02. The van der Waals surface area contributed by atoms with E-state index in [1.54, 1.807) is 15.9 Å². The molecule has 30 heavy (non-hydrogen) atoms. The number of nitrogens with one attached hydrogen (secondary N) is 1. The third-order valence-corrected chi connectivity index (χ3v) is 8.27. The average molecular weight is 450 g/mol. The summed E-state index contributed by atoms with van der Waals surface area (Å²) in [7, 11) is 0. The molecule has 0 saturated carbocycles. The van der Waals surface area contributed by atoms with E-state index in [2.05, 4.69) is 12.2 Å². The molecule has 1 aliphatic carbocycles. The molecule has 3 heterocycles. The van der Waals surface area contributed by atoms with Crippen LogP contribution in [0, 0.1) is 5.92 Å². The fourth-order valence-electron chi connectivity index (χ4n) is 4.22. The van der Waals surface area contributed by atoms with Gasteiger partial charge in [0.25, 0.3) is 5.56 Å². The van der Waals surface area contributed by atoms with Gasteiger partial charge in [-0.1, -0.05) is 25.6 Å². The Labute approximate surface area is 185 Å². The molecule has 1 fully saturated rings. The Hall–Kier alpha value is -1.38. The zero-order valence-corrected chi connectivity index (χ0v) is 19.7. The van der Waals surface area contributed by atoms with Crippen LogP contribution in [0.5, 0.6) is 0 Å². The molecule has 8 heteroatoms. The molecule has 0 spiro atoms. The van der Waals surface area contributed by atoms with E-state index in [9.17, 15) is 9.59 Å². The molecule has 3 atom stereocenters. The lowest BCUT2D eigenvalue weighted by molar-refractivity contribution is -0.119. The lowest BCUT2D eigenvalue weighted by Gasteiger charge is -2.18. The number of fused-ring (bicyclic) bond motifs is 3. The SMILES string of the molecule is CCC(C)NC(=O)CSc1nc2sc3c(c2c(=O)n1CC1CCCO1)CCC(C)C3. The largest absolute Gasteiger partial charge is 0.376 e. The first kappa shape index (κ1) is 21.8. The van der Waals surface area contributed by atoms with Crippen LogP contribution in [0.1, 0.15) is 56.9 Å². The Bertz CT molecular complexity index is 978. The summed E-state index contributed by atoms with van der Waals surface area (Å²) < 4.78 is 7.57. The fourth-order valence-corrected chi connectivity index (χ4v) is 6.46. The van der Waals surface area contributed by atoms with E-state index in [0.29, 0.717) is 17.6 Å². The maximum Gasteiger partial charge on any atom is 0.263 e. The van der Waals surface area contributed by atoms with Crippen molar-refractivity contribution in [3.8, 4) is 0 Å². The first-order chi connectivity index (χ1) is 14.5. The number of aryl methyl sites for hydroxylation is 1. The molecule has 1 N–H and O–H groups in total. The third kappa shape index (κ3) is 4.60. The molecule has 0 bridgehead atoms. The quantitative estimate of drug-likeness (QED) is 0.515. The van der Waals surface area contributed by atoms with Gasteiger partial charge in [0.05, 0.1) is 23.8 Å². The van der Waals surface area contributed by atoms with Gasteiger partial charge in [-0.05, 0) is 56.9 Å². The van der Waals surface area contributed by atoms with Gasteiger partial charge in [-0.3, -0.25) is 14.2 Å². The summed E-state index contributed by atoms with van der Waals surface area (Å²) in [6, 6.07) is 0.147. The number of hydrogen-bond donors (Lipinski definition) is 1. The topological polar surface area (TPSA) is 73.2 Å². The van der Waals surface area contributed by atoms with Crippen molar-refractivity contribution in [2.24, 2.45) is 5.92 Å². The van der Waals surface area contributed by atoms with Gasteiger partial charge in [0.2, 0.25) is 5.91 Å². The first-order valence-electron chi connectivity index (χ1n) is 11.0. The Kier molecular flexibility index (Phi) is 6.85. The second kappa shape index (κ2) is 9.40. The molecule has 6 nitrogen and oxygen atoms in total. The molecule has 0 aromatic carbocycles. The number of amides is 1. The maximum absolute atomic E-state index is 13.6. The van der Waals surface area contributed by atoms with Crippen LogP contribution < -0.4 is 10.9 Å². The maximum atomic E-state index is 13.6. The van der Waals surface area contributed by atoms with Gasteiger partial charge in [0.1, 0.15) is 4.83 Å². The molecule has 1 saturated heterocycles. The molecule has 2 aliphatic rings. The van der Waals surface area contributed by atoms with Crippen molar-refractivity contribution in [3.05, 3.63) is 20.8 Å². The number of hydrogen-bond acceptors (Lipinski definition) is 6. The first-order valence-corrected chi connectivity index (χ1v) is 12.8. The minimum Gasteiger partial charge on any atom is -0.376 e. The summed E-state index contributed by atoms with van der Waals surface area (Å²) in [6.45, 7) is 7.58. The highest BCUT2D eigenvalue weighted by atomic mass is 32.2. The minimum absolute atomic E-state index is 0.0216. The standard InChI is InChI=1S/C22H31N3O3S2/c1-4-14(3)23-18(26)12-29-22-24-20-19(16-8-7-13(2)10-17(16)30-20)21(27)25(22)11-15-6-5-9-28-15/h13-15H,4-12H2,1-3H3,(H,23,26). The summed E-state index contributed by atoms with van der Waals surface area (Å²) in [4.78, 5) is 32.9. The summed E-state index contributed by atoms with van der Waals surface area (Å²) in [5, 5.41) is 4.42. The van der Waals surface area contributed by atoms with E-state index in [1.165, 1.54) is 22.2 Å². The Morgan fingerprint density at radius 2 is 2.27 bits per heavy atom. The predicted molar refractivity (Wildman–Crippen MR) is 123 cm³/mol. The van der Waals surface area contributed by atoms with Gasteiger partial charge in [-0.25, -0.2) is 4.98 Å². The van der Waals surface area contributed by atoms with Gasteiger partial charge < -0.3 is 10.1 Å². The summed E-state index contributed by atoms with van der Waals surface area (Å²) in [6.07, 6.45) is 6.03. The third-order valence-electron chi connectivity index (χ3n) is 6.14. The number of carbonyl (C=O) groups excluding carboxylic acids is 1. The van der Waals surface area contributed by atoms with Crippen LogP contribution in [0.3, 0.4) is 0 Å².